The lowest BCUT2D eigenvalue weighted by molar-refractivity contribution is 0.344. The number of aliphatic imine (C=N–C) groups is 1. The van der Waals surface area contributed by atoms with E-state index in [1.54, 1.807) is 0 Å². The summed E-state index contributed by atoms with van der Waals surface area (Å²) in [4.78, 5) is 6.39. The molecule has 18 heavy (non-hydrogen) atoms. The van der Waals surface area contributed by atoms with Gasteiger partial charge in [0.15, 0.2) is 15.8 Å². The molecule has 1 aliphatic carbocycles. The minimum atomic E-state index is -3.04. The Hall–Kier alpha value is -0.430. The molecule has 1 saturated heterocycles. The molecule has 0 aromatic carbocycles. The second-order valence-corrected chi connectivity index (χ2v) is 8.72. The van der Waals surface area contributed by atoms with Crippen LogP contribution in [-0.2, 0) is 9.84 Å². The van der Waals surface area contributed by atoms with E-state index < -0.39 is 14.6 Å². The molecular weight excluding hydrogens is 270 g/mol. The van der Waals surface area contributed by atoms with Gasteiger partial charge in [0.25, 0.3) is 0 Å². The first kappa shape index (κ1) is 14.0. The molecule has 104 valence electrons. The number of thioether (sulfide) groups is 1. The molecule has 0 aromatic rings. The number of hydrogen-bond acceptors (Lipinski definition) is 4. The molecular formula is C11H21N3O2S2. The van der Waals surface area contributed by atoms with Crippen molar-refractivity contribution in [3.05, 3.63) is 0 Å². The average molecular weight is 291 g/mol. The summed E-state index contributed by atoms with van der Waals surface area (Å²) in [6.07, 6.45) is 3.73. The fourth-order valence-electron chi connectivity index (χ4n) is 2.33. The quantitative estimate of drug-likeness (QED) is 0.598. The molecule has 0 spiro atoms. The molecule has 0 amide bonds. The van der Waals surface area contributed by atoms with Crippen molar-refractivity contribution in [1.29, 1.82) is 0 Å². The second-order valence-electron chi connectivity index (χ2n) is 5.08. The zero-order valence-electron chi connectivity index (χ0n) is 10.8. The van der Waals surface area contributed by atoms with Crippen LogP contribution in [0.4, 0.5) is 0 Å². The molecule has 0 aromatic heterocycles. The van der Waals surface area contributed by atoms with Gasteiger partial charge in [0.1, 0.15) is 0 Å². The minimum Gasteiger partial charge on any atom is -0.370 e. The first-order valence-electron chi connectivity index (χ1n) is 6.27. The maximum atomic E-state index is 11.8. The SMILES string of the molecule is CS(=O)(=O)C1(CN=C(N)N2CCSCC2)CCC1. The molecule has 0 atom stereocenters. The molecule has 2 fully saturated rings. The fourth-order valence-corrected chi connectivity index (χ4v) is 4.57. The third kappa shape index (κ3) is 2.77. The van der Waals surface area contributed by atoms with Gasteiger partial charge in [-0.2, -0.15) is 11.8 Å². The Balaban J connectivity index is 2.00. The summed E-state index contributed by atoms with van der Waals surface area (Å²) in [6, 6.07) is 0. The number of nitrogens with zero attached hydrogens (tertiary/aromatic N) is 2. The van der Waals surface area contributed by atoms with E-state index in [0.717, 1.165) is 43.9 Å². The molecule has 2 aliphatic rings. The molecule has 2 rings (SSSR count). The lowest BCUT2D eigenvalue weighted by atomic mass is 9.84. The van der Waals surface area contributed by atoms with Crippen LogP contribution < -0.4 is 5.73 Å². The number of guanidine groups is 1. The van der Waals surface area contributed by atoms with Gasteiger partial charge in [0.05, 0.1) is 11.3 Å². The first-order valence-corrected chi connectivity index (χ1v) is 9.31. The smallest absolute Gasteiger partial charge is 0.191 e. The highest BCUT2D eigenvalue weighted by atomic mass is 32.2. The van der Waals surface area contributed by atoms with E-state index in [-0.39, 0.29) is 0 Å². The van der Waals surface area contributed by atoms with Crippen LogP contribution >= 0.6 is 11.8 Å². The van der Waals surface area contributed by atoms with Crippen molar-refractivity contribution in [2.45, 2.75) is 24.0 Å². The van der Waals surface area contributed by atoms with Crippen LogP contribution in [0.3, 0.4) is 0 Å². The van der Waals surface area contributed by atoms with Crippen molar-refractivity contribution >= 4 is 27.6 Å². The van der Waals surface area contributed by atoms with Crippen LogP contribution in [0.2, 0.25) is 0 Å². The molecule has 0 bridgehead atoms. The Morgan fingerprint density at radius 1 is 1.39 bits per heavy atom. The van der Waals surface area contributed by atoms with Crippen LogP contribution in [0.25, 0.3) is 0 Å². The molecule has 0 unspecified atom stereocenters. The Morgan fingerprint density at radius 2 is 2.00 bits per heavy atom. The third-order valence-electron chi connectivity index (χ3n) is 3.92. The van der Waals surface area contributed by atoms with Gasteiger partial charge in [0, 0.05) is 30.9 Å². The largest absolute Gasteiger partial charge is 0.370 e. The van der Waals surface area contributed by atoms with Crippen molar-refractivity contribution < 1.29 is 8.42 Å². The standard InChI is InChI=1S/C11H21N3O2S2/c1-18(15,16)11(3-2-4-11)9-13-10(12)14-5-7-17-8-6-14/h2-9H2,1H3,(H2,12,13). The Bertz CT molecular complexity index is 424. The van der Waals surface area contributed by atoms with Gasteiger partial charge in [-0.3, -0.25) is 4.99 Å². The Kier molecular flexibility index (Phi) is 4.11. The van der Waals surface area contributed by atoms with Crippen molar-refractivity contribution in [1.82, 2.24) is 4.90 Å². The van der Waals surface area contributed by atoms with Crippen molar-refractivity contribution in [3.8, 4) is 0 Å². The van der Waals surface area contributed by atoms with Gasteiger partial charge >= 0.3 is 0 Å². The first-order chi connectivity index (χ1) is 8.45. The summed E-state index contributed by atoms with van der Waals surface area (Å²) < 4.78 is 23.0. The number of nitrogens with two attached hydrogens (primary N) is 1. The molecule has 5 nitrogen and oxygen atoms in total. The van der Waals surface area contributed by atoms with E-state index in [2.05, 4.69) is 4.99 Å². The van der Waals surface area contributed by atoms with Crippen LogP contribution in [-0.4, -0.2) is 61.4 Å². The van der Waals surface area contributed by atoms with E-state index in [0.29, 0.717) is 12.5 Å². The Morgan fingerprint density at radius 3 is 2.44 bits per heavy atom. The van der Waals surface area contributed by atoms with Crippen LogP contribution in [0.1, 0.15) is 19.3 Å². The number of sulfone groups is 1. The maximum absolute atomic E-state index is 11.8. The van der Waals surface area contributed by atoms with E-state index >= 15 is 0 Å². The summed E-state index contributed by atoms with van der Waals surface area (Å²) in [5.41, 5.74) is 5.95. The van der Waals surface area contributed by atoms with Crippen molar-refractivity contribution in [2.24, 2.45) is 10.7 Å². The van der Waals surface area contributed by atoms with Gasteiger partial charge in [0.2, 0.25) is 0 Å². The number of hydrogen-bond donors (Lipinski definition) is 1. The predicted octanol–water partition coefficient (Wildman–Crippen LogP) is 0.317. The molecule has 0 radical (unpaired) electrons. The molecule has 1 heterocycles. The molecule has 1 aliphatic heterocycles. The zero-order chi connectivity index (χ0) is 13.2. The minimum absolute atomic E-state index is 0.321. The lowest BCUT2D eigenvalue weighted by Crippen LogP contribution is -2.49. The maximum Gasteiger partial charge on any atom is 0.191 e. The highest BCUT2D eigenvalue weighted by Crippen LogP contribution is 2.39. The average Bonchev–Trinajstić information content (AvgIpc) is 2.26. The summed E-state index contributed by atoms with van der Waals surface area (Å²) in [6.45, 7) is 2.14. The van der Waals surface area contributed by atoms with E-state index in [1.807, 2.05) is 16.7 Å². The topological polar surface area (TPSA) is 75.8 Å². The number of rotatable bonds is 3. The van der Waals surface area contributed by atoms with E-state index in [9.17, 15) is 8.42 Å². The summed E-state index contributed by atoms with van der Waals surface area (Å²) in [7, 11) is -3.04. The van der Waals surface area contributed by atoms with Crippen molar-refractivity contribution in [3.63, 3.8) is 0 Å². The third-order valence-corrected chi connectivity index (χ3v) is 6.97. The monoisotopic (exact) mass is 291 g/mol. The van der Waals surface area contributed by atoms with Crippen LogP contribution in [0, 0.1) is 0 Å². The van der Waals surface area contributed by atoms with Gasteiger partial charge in [-0.05, 0) is 12.8 Å². The van der Waals surface area contributed by atoms with Gasteiger partial charge in [-0.25, -0.2) is 8.42 Å². The summed E-state index contributed by atoms with van der Waals surface area (Å²) in [5.74, 6) is 2.63. The van der Waals surface area contributed by atoms with Crippen molar-refractivity contribution in [2.75, 3.05) is 37.4 Å². The highest BCUT2D eigenvalue weighted by molar-refractivity contribution is 7.99. The van der Waals surface area contributed by atoms with Crippen LogP contribution in [0.15, 0.2) is 4.99 Å². The van der Waals surface area contributed by atoms with Gasteiger partial charge < -0.3 is 10.6 Å². The lowest BCUT2D eigenvalue weighted by Gasteiger charge is -2.39. The normalized spacial score (nSPS) is 24.7. The molecule has 7 heteroatoms. The second kappa shape index (κ2) is 5.28. The predicted molar refractivity (Wildman–Crippen MR) is 76.8 cm³/mol. The fraction of sp³-hybridized carbons (Fsp3) is 0.909. The molecule has 2 N–H and O–H groups in total. The van der Waals surface area contributed by atoms with Gasteiger partial charge in [-0.1, -0.05) is 6.42 Å². The van der Waals surface area contributed by atoms with Gasteiger partial charge in [-0.15, -0.1) is 0 Å². The zero-order valence-corrected chi connectivity index (χ0v) is 12.4. The Labute approximate surface area is 113 Å². The van der Waals surface area contributed by atoms with Crippen LogP contribution in [0.5, 0.6) is 0 Å². The van der Waals surface area contributed by atoms with E-state index in [4.69, 9.17) is 5.73 Å². The summed E-state index contributed by atoms with van der Waals surface area (Å²) in [5, 5.41) is 0. The highest BCUT2D eigenvalue weighted by Gasteiger charge is 2.46. The summed E-state index contributed by atoms with van der Waals surface area (Å²) >= 11 is 1.91. The van der Waals surface area contributed by atoms with E-state index in [1.165, 1.54) is 6.26 Å². The molecule has 1 saturated carbocycles.